The zero-order valence-corrected chi connectivity index (χ0v) is 12.6. The SMILES string of the molecule is COCCN(CC(C)C)C1(CN)CCCCCC1. The monoisotopic (exact) mass is 256 g/mol. The van der Waals surface area contributed by atoms with Crippen LogP contribution in [0.5, 0.6) is 0 Å². The minimum Gasteiger partial charge on any atom is -0.383 e. The molecule has 0 spiro atoms. The molecule has 0 aliphatic heterocycles. The average Bonchev–Trinajstić information content (AvgIpc) is 2.60. The third-order valence-corrected chi connectivity index (χ3v) is 4.24. The van der Waals surface area contributed by atoms with Gasteiger partial charge in [-0.1, -0.05) is 39.5 Å². The van der Waals surface area contributed by atoms with E-state index >= 15 is 0 Å². The second-order valence-electron chi connectivity index (χ2n) is 6.18. The van der Waals surface area contributed by atoms with Crippen molar-refractivity contribution in [3.8, 4) is 0 Å². The Morgan fingerprint density at radius 3 is 2.22 bits per heavy atom. The lowest BCUT2D eigenvalue weighted by Gasteiger charge is -2.44. The predicted molar refractivity (Wildman–Crippen MR) is 77.8 cm³/mol. The van der Waals surface area contributed by atoms with Gasteiger partial charge in [-0.05, 0) is 18.8 Å². The van der Waals surface area contributed by atoms with Crippen LogP contribution >= 0.6 is 0 Å². The van der Waals surface area contributed by atoms with Gasteiger partial charge in [0, 0.05) is 32.3 Å². The normalized spacial score (nSPS) is 20.3. The van der Waals surface area contributed by atoms with Crippen molar-refractivity contribution in [1.29, 1.82) is 0 Å². The van der Waals surface area contributed by atoms with Gasteiger partial charge in [-0.3, -0.25) is 4.90 Å². The van der Waals surface area contributed by atoms with Crippen molar-refractivity contribution in [2.24, 2.45) is 11.7 Å². The Morgan fingerprint density at radius 2 is 1.78 bits per heavy atom. The molecule has 2 N–H and O–H groups in total. The molecule has 0 bridgehead atoms. The molecule has 0 atom stereocenters. The summed E-state index contributed by atoms with van der Waals surface area (Å²) in [7, 11) is 1.79. The highest BCUT2D eigenvalue weighted by molar-refractivity contribution is 4.93. The minimum absolute atomic E-state index is 0.235. The van der Waals surface area contributed by atoms with Crippen LogP contribution in [0.3, 0.4) is 0 Å². The molecule has 0 unspecified atom stereocenters. The van der Waals surface area contributed by atoms with Crippen molar-refractivity contribution < 1.29 is 4.74 Å². The van der Waals surface area contributed by atoms with E-state index in [-0.39, 0.29) is 5.54 Å². The first-order chi connectivity index (χ1) is 8.64. The molecule has 1 aliphatic rings. The van der Waals surface area contributed by atoms with Gasteiger partial charge < -0.3 is 10.5 Å². The smallest absolute Gasteiger partial charge is 0.0589 e. The summed E-state index contributed by atoms with van der Waals surface area (Å²) in [4.78, 5) is 2.62. The highest BCUT2D eigenvalue weighted by Gasteiger charge is 2.35. The fourth-order valence-corrected chi connectivity index (χ4v) is 3.20. The van der Waals surface area contributed by atoms with Crippen LogP contribution in [0.4, 0.5) is 0 Å². The van der Waals surface area contributed by atoms with Gasteiger partial charge in [0.15, 0.2) is 0 Å². The molecule has 0 amide bonds. The number of rotatable bonds is 7. The number of hydrogen-bond acceptors (Lipinski definition) is 3. The van der Waals surface area contributed by atoms with E-state index in [0.717, 1.165) is 26.2 Å². The molecule has 1 saturated carbocycles. The van der Waals surface area contributed by atoms with E-state index in [1.165, 1.54) is 38.5 Å². The van der Waals surface area contributed by atoms with Gasteiger partial charge in [0.25, 0.3) is 0 Å². The largest absolute Gasteiger partial charge is 0.383 e. The summed E-state index contributed by atoms with van der Waals surface area (Å²) in [6.45, 7) is 8.35. The summed E-state index contributed by atoms with van der Waals surface area (Å²) in [5, 5.41) is 0. The number of nitrogens with two attached hydrogens (primary N) is 1. The summed E-state index contributed by atoms with van der Waals surface area (Å²) >= 11 is 0. The van der Waals surface area contributed by atoms with Crippen molar-refractivity contribution in [3.63, 3.8) is 0 Å². The maximum Gasteiger partial charge on any atom is 0.0589 e. The average molecular weight is 256 g/mol. The molecule has 0 radical (unpaired) electrons. The number of methoxy groups -OCH3 is 1. The van der Waals surface area contributed by atoms with Gasteiger partial charge >= 0.3 is 0 Å². The highest BCUT2D eigenvalue weighted by Crippen LogP contribution is 2.32. The summed E-state index contributed by atoms with van der Waals surface area (Å²) in [6, 6.07) is 0. The second-order valence-corrected chi connectivity index (χ2v) is 6.18. The first kappa shape index (κ1) is 15.9. The van der Waals surface area contributed by atoms with Gasteiger partial charge in [-0.2, -0.15) is 0 Å². The van der Waals surface area contributed by atoms with Crippen molar-refractivity contribution in [2.75, 3.05) is 33.4 Å². The van der Waals surface area contributed by atoms with E-state index in [0.29, 0.717) is 5.92 Å². The molecule has 0 heterocycles. The quantitative estimate of drug-likeness (QED) is 0.712. The Morgan fingerprint density at radius 1 is 1.17 bits per heavy atom. The molecule has 108 valence electrons. The second kappa shape index (κ2) is 8.13. The third-order valence-electron chi connectivity index (χ3n) is 4.24. The third kappa shape index (κ3) is 4.52. The van der Waals surface area contributed by atoms with Gasteiger partial charge in [-0.25, -0.2) is 0 Å². The fraction of sp³-hybridized carbons (Fsp3) is 1.00. The summed E-state index contributed by atoms with van der Waals surface area (Å²) in [5.41, 5.74) is 6.41. The molecule has 0 aromatic heterocycles. The van der Waals surface area contributed by atoms with Crippen LogP contribution in [-0.4, -0.2) is 43.8 Å². The Bertz CT molecular complexity index is 211. The van der Waals surface area contributed by atoms with Crippen LogP contribution in [0.25, 0.3) is 0 Å². The molecule has 18 heavy (non-hydrogen) atoms. The maximum absolute atomic E-state index is 6.17. The van der Waals surface area contributed by atoms with Crippen LogP contribution in [0, 0.1) is 5.92 Å². The summed E-state index contributed by atoms with van der Waals surface area (Å²) in [5.74, 6) is 0.688. The van der Waals surface area contributed by atoms with Gasteiger partial charge in [0.2, 0.25) is 0 Å². The summed E-state index contributed by atoms with van der Waals surface area (Å²) in [6.07, 6.45) is 7.94. The van der Waals surface area contributed by atoms with Crippen molar-refractivity contribution >= 4 is 0 Å². The highest BCUT2D eigenvalue weighted by atomic mass is 16.5. The molecule has 1 fully saturated rings. The molecule has 1 rings (SSSR count). The lowest BCUT2D eigenvalue weighted by atomic mass is 9.87. The number of ether oxygens (including phenoxy) is 1. The Labute approximate surface area is 113 Å². The Balaban J connectivity index is 2.74. The van der Waals surface area contributed by atoms with Crippen molar-refractivity contribution in [1.82, 2.24) is 4.90 Å². The zero-order valence-electron chi connectivity index (χ0n) is 12.6. The van der Waals surface area contributed by atoms with Crippen molar-refractivity contribution in [3.05, 3.63) is 0 Å². The molecule has 3 nitrogen and oxygen atoms in total. The molecular weight excluding hydrogens is 224 g/mol. The van der Waals surface area contributed by atoms with Crippen LogP contribution in [-0.2, 0) is 4.74 Å². The van der Waals surface area contributed by atoms with E-state index in [2.05, 4.69) is 18.7 Å². The van der Waals surface area contributed by atoms with E-state index in [1.54, 1.807) is 7.11 Å². The molecule has 0 saturated heterocycles. The predicted octanol–water partition coefficient (Wildman–Crippen LogP) is 2.64. The van der Waals surface area contributed by atoms with Crippen LogP contribution in [0.15, 0.2) is 0 Å². The topological polar surface area (TPSA) is 38.5 Å². The van der Waals surface area contributed by atoms with E-state index < -0.39 is 0 Å². The summed E-state index contributed by atoms with van der Waals surface area (Å²) < 4.78 is 5.28. The Kier molecular flexibility index (Phi) is 7.20. The lowest BCUT2D eigenvalue weighted by molar-refractivity contribution is 0.0392. The standard InChI is InChI=1S/C15H32N2O/c1-14(2)12-17(10-11-18-3)15(13-16)8-6-4-5-7-9-15/h14H,4-13,16H2,1-3H3. The van der Waals surface area contributed by atoms with Crippen LogP contribution in [0.1, 0.15) is 52.4 Å². The Hall–Kier alpha value is -0.120. The lowest BCUT2D eigenvalue weighted by Crippen LogP contribution is -2.55. The van der Waals surface area contributed by atoms with Crippen LogP contribution in [0.2, 0.25) is 0 Å². The zero-order chi connectivity index (χ0) is 13.4. The fourth-order valence-electron chi connectivity index (χ4n) is 3.20. The van der Waals surface area contributed by atoms with E-state index in [4.69, 9.17) is 10.5 Å². The molecular formula is C15H32N2O. The first-order valence-electron chi connectivity index (χ1n) is 7.58. The molecule has 0 aromatic carbocycles. The molecule has 1 aliphatic carbocycles. The van der Waals surface area contributed by atoms with E-state index in [9.17, 15) is 0 Å². The van der Waals surface area contributed by atoms with E-state index in [1.807, 2.05) is 0 Å². The number of nitrogens with zero attached hydrogens (tertiary/aromatic N) is 1. The minimum atomic E-state index is 0.235. The first-order valence-corrected chi connectivity index (χ1v) is 7.58. The van der Waals surface area contributed by atoms with Crippen LogP contribution < -0.4 is 5.73 Å². The molecule has 0 aromatic rings. The number of hydrogen-bond donors (Lipinski definition) is 1. The van der Waals surface area contributed by atoms with Gasteiger partial charge in [0.1, 0.15) is 0 Å². The van der Waals surface area contributed by atoms with Gasteiger partial charge in [0.05, 0.1) is 6.61 Å². The molecule has 3 heteroatoms. The maximum atomic E-state index is 6.17. The van der Waals surface area contributed by atoms with Crippen molar-refractivity contribution in [2.45, 2.75) is 57.9 Å². The van der Waals surface area contributed by atoms with Gasteiger partial charge in [-0.15, -0.1) is 0 Å².